The van der Waals surface area contributed by atoms with Crippen molar-refractivity contribution < 1.29 is 0 Å². The van der Waals surface area contributed by atoms with Crippen LogP contribution in [-0.4, -0.2) is 36.1 Å². The molecular weight excluding hydrogens is 184 g/mol. The van der Waals surface area contributed by atoms with Crippen LogP contribution in [0.1, 0.15) is 53.4 Å². The molecule has 0 bridgehead atoms. The Hall–Kier alpha value is -0.0800. The molecule has 1 N–H and O–H groups in total. The van der Waals surface area contributed by atoms with Gasteiger partial charge in [-0.05, 0) is 46.2 Å². The molecule has 0 aliphatic carbocycles. The van der Waals surface area contributed by atoms with Crippen molar-refractivity contribution in [3.63, 3.8) is 0 Å². The van der Waals surface area contributed by atoms with Crippen molar-refractivity contribution in [2.75, 3.05) is 13.1 Å². The summed E-state index contributed by atoms with van der Waals surface area (Å²) in [6.45, 7) is 11.7. The Balaban J connectivity index is 2.28. The van der Waals surface area contributed by atoms with Gasteiger partial charge in [0.1, 0.15) is 0 Å². The van der Waals surface area contributed by atoms with Gasteiger partial charge in [0.25, 0.3) is 0 Å². The highest BCUT2D eigenvalue weighted by Crippen LogP contribution is 2.17. The van der Waals surface area contributed by atoms with E-state index in [2.05, 4.69) is 37.9 Å². The second-order valence-electron chi connectivity index (χ2n) is 5.06. The highest BCUT2D eigenvalue weighted by atomic mass is 15.2. The number of piperidine rings is 1. The molecule has 1 heterocycles. The molecule has 0 spiro atoms. The molecule has 0 aromatic carbocycles. The van der Waals surface area contributed by atoms with Crippen LogP contribution in [0, 0.1) is 0 Å². The summed E-state index contributed by atoms with van der Waals surface area (Å²) < 4.78 is 0. The predicted molar refractivity (Wildman–Crippen MR) is 67.2 cm³/mol. The Morgan fingerprint density at radius 3 is 2.67 bits per heavy atom. The summed E-state index contributed by atoms with van der Waals surface area (Å²) >= 11 is 0. The fourth-order valence-corrected chi connectivity index (χ4v) is 2.76. The quantitative estimate of drug-likeness (QED) is 0.753. The molecule has 15 heavy (non-hydrogen) atoms. The number of nitrogens with one attached hydrogen (secondary N) is 1. The van der Waals surface area contributed by atoms with Crippen molar-refractivity contribution in [3.8, 4) is 0 Å². The lowest BCUT2D eigenvalue weighted by molar-refractivity contribution is 0.138. The van der Waals surface area contributed by atoms with Crippen molar-refractivity contribution in [1.82, 2.24) is 10.2 Å². The Morgan fingerprint density at radius 2 is 2.13 bits per heavy atom. The molecule has 0 aromatic rings. The van der Waals surface area contributed by atoms with E-state index in [0.717, 1.165) is 12.1 Å². The zero-order valence-electron chi connectivity index (χ0n) is 10.9. The molecule has 2 nitrogen and oxygen atoms in total. The molecule has 3 atom stereocenters. The lowest BCUT2D eigenvalue weighted by Gasteiger charge is -2.38. The fourth-order valence-electron chi connectivity index (χ4n) is 2.76. The first kappa shape index (κ1) is 13.0. The highest BCUT2D eigenvalue weighted by Gasteiger charge is 2.24. The zero-order chi connectivity index (χ0) is 11.3. The van der Waals surface area contributed by atoms with Crippen LogP contribution in [0.4, 0.5) is 0 Å². The second-order valence-corrected chi connectivity index (χ2v) is 5.06. The van der Waals surface area contributed by atoms with Crippen molar-refractivity contribution in [2.45, 2.75) is 71.5 Å². The Morgan fingerprint density at radius 1 is 1.40 bits per heavy atom. The summed E-state index contributed by atoms with van der Waals surface area (Å²) in [5.41, 5.74) is 0. The van der Waals surface area contributed by atoms with Gasteiger partial charge >= 0.3 is 0 Å². The summed E-state index contributed by atoms with van der Waals surface area (Å²) in [5.74, 6) is 0. The van der Waals surface area contributed by atoms with Gasteiger partial charge in [-0.15, -0.1) is 0 Å². The number of nitrogens with zero attached hydrogens (tertiary/aromatic N) is 1. The number of likely N-dealkylation sites (tertiary alicyclic amines) is 1. The van der Waals surface area contributed by atoms with E-state index in [0.29, 0.717) is 6.04 Å². The van der Waals surface area contributed by atoms with Gasteiger partial charge in [-0.3, -0.25) is 0 Å². The molecule has 0 amide bonds. The van der Waals surface area contributed by atoms with Crippen LogP contribution in [0.5, 0.6) is 0 Å². The minimum Gasteiger partial charge on any atom is -0.311 e. The molecule has 0 radical (unpaired) electrons. The van der Waals surface area contributed by atoms with Gasteiger partial charge in [0.05, 0.1) is 0 Å². The van der Waals surface area contributed by atoms with E-state index in [4.69, 9.17) is 0 Å². The highest BCUT2D eigenvalue weighted by molar-refractivity contribution is 4.83. The zero-order valence-corrected chi connectivity index (χ0v) is 10.9. The molecule has 0 aromatic heterocycles. The van der Waals surface area contributed by atoms with Crippen LogP contribution in [0.3, 0.4) is 0 Å². The molecule has 1 rings (SSSR count). The van der Waals surface area contributed by atoms with E-state index in [1.165, 1.54) is 38.8 Å². The van der Waals surface area contributed by atoms with Crippen LogP contribution in [0.15, 0.2) is 0 Å². The maximum atomic E-state index is 3.77. The number of hydrogen-bond donors (Lipinski definition) is 1. The van der Waals surface area contributed by atoms with Crippen molar-refractivity contribution >= 4 is 0 Å². The van der Waals surface area contributed by atoms with Crippen LogP contribution in [0.25, 0.3) is 0 Å². The normalized spacial score (nSPS) is 30.4. The van der Waals surface area contributed by atoms with E-state index < -0.39 is 0 Å². The maximum absolute atomic E-state index is 3.77. The topological polar surface area (TPSA) is 15.3 Å². The third-order valence-electron chi connectivity index (χ3n) is 3.66. The maximum Gasteiger partial charge on any atom is 0.00964 e. The third kappa shape index (κ3) is 4.12. The van der Waals surface area contributed by atoms with Crippen LogP contribution >= 0.6 is 0 Å². The lowest BCUT2D eigenvalue weighted by Crippen LogP contribution is -2.49. The molecule has 1 aliphatic rings. The van der Waals surface area contributed by atoms with E-state index in [1.807, 2.05) is 0 Å². The summed E-state index contributed by atoms with van der Waals surface area (Å²) in [6.07, 6.45) is 5.24. The summed E-state index contributed by atoms with van der Waals surface area (Å²) in [5, 5.41) is 3.77. The van der Waals surface area contributed by atoms with Crippen molar-refractivity contribution in [1.29, 1.82) is 0 Å². The fraction of sp³-hybridized carbons (Fsp3) is 1.00. The van der Waals surface area contributed by atoms with Crippen LogP contribution in [-0.2, 0) is 0 Å². The van der Waals surface area contributed by atoms with E-state index in [-0.39, 0.29) is 0 Å². The molecule has 1 saturated heterocycles. The lowest BCUT2D eigenvalue weighted by atomic mass is 9.97. The number of rotatable bonds is 5. The first-order valence-electron chi connectivity index (χ1n) is 6.67. The van der Waals surface area contributed by atoms with Crippen LogP contribution in [0.2, 0.25) is 0 Å². The largest absolute Gasteiger partial charge is 0.311 e. The summed E-state index contributed by atoms with van der Waals surface area (Å²) in [6, 6.07) is 2.21. The third-order valence-corrected chi connectivity index (χ3v) is 3.66. The van der Waals surface area contributed by atoms with E-state index >= 15 is 0 Å². The predicted octanol–water partition coefficient (Wildman–Crippen LogP) is 2.64. The van der Waals surface area contributed by atoms with Gasteiger partial charge in [0.15, 0.2) is 0 Å². The van der Waals surface area contributed by atoms with Gasteiger partial charge in [-0.1, -0.05) is 20.3 Å². The first-order valence-corrected chi connectivity index (χ1v) is 6.67. The standard InChI is InChI=1S/C13H28N2/c1-5-7-11(3)14-13-8-9-15(6-2)12(4)10-13/h11-14H,5-10H2,1-4H3. The Bertz CT molecular complexity index is 168. The summed E-state index contributed by atoms with van der Waals surface area (Å²) in [4.78, 5) is 2.59. The monoisotopic (exact) mass is 212 g/mol. The second kappa shape index (κ2) is 6.49. The molecule has 1 fully saturated rings. The van der Waals surface area contributed by atoms with E-state index in [1.54, 1.807) is 0 Å². The smallest absolute Gasteiger partial charge is 0.00964 e. The van der Waals surface area contributed by atoms with Crippen molar-refractivity contribution in [2.24, 2.45) is 0 Å². The molecule has 1 aliphatic heterocycles. The van der Waals surface area contributed by atoms with Gasteiger partial charge in [-0.2, -0.15) is 0 Å². The van der Waals surface area contributed by atoms with Gasteiger partial charge in [0.2, 0.25) is 0 Å². The Kier molecular flexibility index (Phi) is 5.62. The summed E-state index contributed by atoms with van der Waals surface area (Å²) in [7, 11) is 0. The molecule has 3 unspecified atom stereocenters. The molecule has 2 heteroatoms. The van der Waals surface area contributed by atoms with Crippen molar-refractivity contribution in [3.05, 3.63) is 0 Å². The number of hydrogen-bond acceptors (Lipinski definition) is 2. The molecule has 90 valence electrons. The van der Waals surface area contributed by atoms with Gasteiger partial charge in [-0.25, -0.2) is 0 Å². The molecular formula is C13H28N2. The van der Waals surface area contributed by atoms with E-state index in [9.17, 15) is 0 Å². The Labute approximate surface area is 95.4 Å². The van der Waals surface area contributed by atoms with Gasteiger partial charge in [0, 0.05) is 18.1 Å². The average molecular weight is 212 g/mol. The van der Waals surface area contributed by atoms with Crippen LogP contribution < -0.4 is 5.32 Å². The average Bonchev–Trinajstić information content (AvgIpc) is 2.18. The minimum absolute atomic E-state index is 0.695. The van der Waals surface area contributed by atoms with Gasteiger partial charge < -0.3 is 10.2 Å². The first-order chi connectivity index (χ1) is 7.17. The minimum atomic E-state index is 0.695. The molecule has 0 saturated carbocycles. The SMILES string of the molecule is CCCC(C)NC1CCN(CC)C(C)C1.